The van der Waals surface area contributed by atoms with E-state index in [4.69, 9.17) is 11.6 Å². The molecule has 0 aliphatic rings. The Balaban J connectivity index is 1.46. The van der Waals surface area contributed by atoms with Gasteiger partial charge >= 0.3 is 0 Å². The highest BCUT2D eigenvalue weighted by Gasteiger charge is 2.16. The van der Waals surface area contributed by atoms with Crippen LogP contribution in [0.1, 0.15) is 18.5 Å². The minimum atomic E-state index is -0.110. The summed E-state index contributed by atoms with van der Waals surface area (Å²) in [6, 6.07) is 20.0. The third-order valence-corrected chi connectivity index (χ3v) is 5.10. The van der Waals surface area contributed by atoms with Crippen LogP contribution in [0.15, 0.2) is 73.3 Å². The predicted octanol–water partition coefficient (Wildman–Crippen LogP) is 3.34. The van der Waals surface area contributed by atoms with Crippen molar-refractivity contribution >= 4 is 34.0 Å². The second-order valence-corrected chi connectivity index (χ2v) is 7.28. The van der Waals surface area contributed by atoms with Crippen LogP contribution < -0.4 is 10.6 Å². The number of carbonyl (C=O) groups is 1. The van der Waals surface area contributed by atoms with E-state index in [1.165, 1.54) is 22.7 Å². The van der Waals surface area contributed by atoms with Gasteiger partial charge in [0.15, 0.2) is 6.54 Å². The van der Waals surface area contributed by atoms with E-state index in [0.717, 1.165) is 0 Å². The van der Waals surface area contributed by atoms with Gasteiger partial charge in [-0.15, -0.1) is 0 Å². The highest BCUT2D eigenvalue weighted by atomic mass is 35.5. The summed E-state index contributed by atoms with van der Waals surface area (Å²) < 4.78 is 1.59. The van der Waals surface area contributed by atoms with Gasteiger partial charge < -0.3 is 10.6 Å². The van der Waals surface area contributed by atoms with Crippen molar-refractivity contribution in [2.75, 3.05) is 11.9 Å². The Morgan fingerprint density at radius 1 is 1.17 bits per heavy atom. The maximum atomic E-state index is 12.6. The lowest BCUT2D eigenvalue weighted by molar-refractivity contribution is -0.682. The van der Waals surface area contributed by atoms with Crippen molar-refractivity contribution in [1.29, 1.82) is 0 Å². The number of nitrogens with two attached hydrogens (primary N) is 1. The Kier molecular flexibility index (Phi) is 5.55. The monoisotopic (exact) mass is 406 g/mol. The van der Waals surface area contributed by atoms with E-state index >= 15 is 0 Å². The van der Waals surface area contributed by atoms with Gasteiger partial charge in [-0.1, -0.05) is 54.1 Å². The van der Waals surface area contributed by atoms with Crippen molar-refractivity contribution in [3.63, 3.8) is 0 Å². The number of hydrogen-bond acceptors (Lipinski definition) is 3. The van der Waals surface area contributed by atoms with Gasteiger partial charge in [0.25, 0.3) is 5.91 Å². The summed E-state index contributed by atoms with van der Waals surface area (Å²) in [5, 5.41) is 12.0. The summed E-state index contributed by atoms with van der Waals surface area (Å²) in [4.78, 5) is 16.6. The van der Waals surface area contributed by atoms with Crippen LogP contribution in [0.3, 0.4) is 0 Å². The largest absolute Gasteiger partial charge is 0.332 e. The summed E-state index contributed by atoms with van der Waals surface area (Å²) in [6.45, 7) is 2.39. The van der Waals surface area contributed by atoms with Crippen LogP contribution in [0.4, 0.5) is 5.69 Å². The molecule has 4 rings (SSSR count). The van der Waals surface area contributed by atoms with E-state index in [1.54, 1.807) is 29.2 Å². The lowest BCUT2D eigenvalue weighted by Crippen LogP contribution is -2.86. The van der Waals surface area contributed by atoms with Crippen molar-refractivity contribution < 1.29 is 10.1 Å². The van der Waals surface area contributed by atoms with Gasteiger partial charge in [-0.05, 0) is 35.9 Å². The Morgan fingerprint density at radius 2 is 2.00 bits per heavy atom. The first kappa shape index (κ1) is 19.1. The lowest BCUT2D eigenvalue weighted by Gasteiger charge is -2.15. The first-order valence-electron chi connectivity index (χ1n) is 9.37. The summed E-state index contributed by atoms with van der Waals surface area (Å²) in [7, 11) is 0. The van der Waals surface area contributed by atoms with E-state index in [9.17, 15) is 4.79 Å². The van der Waals surface area contributed by atoms with Crippen molar-refractivity contribution in [3.05, 3.63) is 83.9 Å². The first-order valence-corrected chi connectivity index (χ1v) is 9.75. The van der Waals surface area contributed by atoms with Crippen LogP contribution in [0.2, 0.25) is 5.02 Å². The molecule has 4 aromatic rings. The molecule has 0 spiro atoms. The summed E-state index contributed by atoms with van der Waals surface area (Å²) in [6.07, 6.45) is 3.02. The number of nitrogens with zero attached hydrogens (tertiary/aromatic N) is 3. The van der Waals surface area contributed by atoms with Crippen LogP contribution in [-0.2, 0) is 4.79 Å². The van der Waals surface area contributed by atoms with Crippen molar-refractivity contribution in [1.82, 2.24) is 14.8 Å². The number of halogens is 1. The Morgan fingerprint density at radius 3 is 2.83 bits per heavy atom. The quantitative estimate of drug-likeness (QED) is 0.515. The number of quaternary nitrogens is 1. The van der Waals surface area contributed by atoms with E-state index in [2.05, 4.69) is 52.7 Å². The van der Waals surface area contributed by atoms with Gasteiger partial charge in [-0.25, -0.2) is 9.67 Å². The van der Waals surface area contributed by atoms with E-state index in [0.29, 0.717) is 16.4 Å². The highest BCUT2D eigenvalue weighted by molar-refractivity contribution is 6.31. The molecule has 1 heterocycles. The van der Waals surface area contributed by atoms with E-state index in [-0.39, 0.29) is 18.5 Å². The molecule has 1 atom stereocenters. The third-order valence-electron chi connectivity index (χ3n) is 4.87. The average Bonchev–Trinajstić information content (AvgIpc) is 3.26. The third kappa shape index (κ3) is 4.29. The van der Waals surface area contributed by atoms with Crippen LogP contribution in [0.25, 0.3) is 16.5 Å². The number of nitrogens with one attached hydrogen (secondary N) is 1. The molecule has 1 amide bonds. The predicted molar refractivity (Wildman–Crippen MR) is 114 cm³/mol. The van der Waals surface area contributed by atoms with Gasteiger partial charge in [-0.2, -0.15) is 5.10 Å². The van der Waals surface area contributed by atoms with Crippen molar-refractivity contribution in [2.45, 2.75) is 13.0 Å². The van der Waals surface area contributed by atoms with Gasteiger partial charge in [-0.3, -0.25) is 4.79 Å². The molecule has 29 heavy (non-hydrogen) atoms. The summed E-state index contributed by atoms with van der Waals surface area (Å²) >= 11 is 6.12. The number of aromatic nitrogens is 3. The maximum Gasteiger partial charge on any atom is 0.279 e. The molecule has 0 aliphatic carbocycles. The second-order valence-electron chi connectivity index (χ2n) is 6.85. The molecule has 0 saturated carbocycles. The molecule has 0 unspecified atom stereocenters. The van der Waals surface area contributed by atoms with Crippen molar-refractivity contribution in [3.8, 4) is 5.69 Å². The maximum absolute atomic E-state index is 12.6. The number of anilines is 1. The van der Waals surface area contributed by atoms with Crippen LogP contribution in [-0.4, -0.2) is 27.2 Å². The fourth-order valence-corrected chi connectivity index (χ4v) is 3.57. The minimum Gasteiger partial charge on any atom is -0.332 e. The number of hydrogen-bond donors (Lipinski definition) is 2. The van der Waals surface area contributed by atoms with Crippen molar-refractivity contribution in [2.24, 2.45) is 0 Å². The fraction of sp³-hybridized carbons (Fsp3) is 0.136. The molecule has 0 fully saturated rings. The second kappa shape index (κ2) is 8.43. The highest BCUT2D eigenvalue weighted by Crippen LogP contribution is 2.24. The minimum absolute atomic E-state index is 0.110. The number of carbonyl (C=O) groups excluding carboxylic acids is 1. The smallest absolute Gasteiger partial charge is 0.279 e. The SMILES string of the molecule is C[C@@H]([NH2+]CC(=O)Nc1cc(Cl)ccc1-n1cncn1)c1cccc2ccccc12. The van der Waals surface area contributed by atoms with Gasteiger partial charge in [0.05, 0.1) is 11.4 Å². The first-order chi connectivity index (χ1) is 14.1. The molecule has 0 saturated heterocycles. The Bertz CT molecular complexity index is 1140. The molecule has 6 nitrogen and oxygen atoms in total. The normalized spacial score (nSPS) is 12.1. The lowest BCUT2D eigenvalue weighted by atomic mass is 10.00. The Hall–Kier alpha value is -3.22. The molecule has 1 aromatic heterocycles. The molecule has 0 bridgehead atoms. The molecule has 3 N–H and O–H groups in total. The molecule has 3 aromatic carbocycles. The molecule has 0 radical (unpaired) electrons. The van der Waals surface area contributed by atoms with E-state index < -0.39 is 0 Å². The topological polar surface area (TPSA) is 76.4 Å². The van der Waals surface area contributed by atoms with Gasteiger partial charge in [0.1, 0.15) is 18.7 Å². The number of rotatable bonds is 6. The zero-order valence-corrected chi connectivity index (χ0v) is 16.7. The molecular formula is C22H21ClN5O+. The number of amides is 1. The van der Waals surface area contributed by atoms with E-state index in [1.807, 2.05) is 17.4 Å². The Labute approximate surface area is 173 Å². The zero-order chi connectivity index (χ0) is 20.2. The summed E-state index contributed by atoms with van der Waals surface area (Å²) in [5.41, 5.74) is 2.52. The zero-order valence-electron chi connectivity index (χ0n) is 15.9. The molecular weight excluding hydrogens is 386 g/mol. The fourth-order valence-electron chi connectivity index (χ4n) is 3.40. The van der Waals surface area contributed by atoms with Crippen LogP contribution in [0, 0.1) is 0 Å². The standard InChI is InChI=1S/C22H20ClN5O/c1-15(18-8-4-6-16-5-2-3-7-19(16)18)25-12-22(29)27-20-11-17(23)9-10-21(20)28-14-24-13-26-28/h2-11,13-15,25H,12H2,1H3,(H,27,29)/p+1/t15-/m1/s1. The van der Waals surface area contributed by atoms with Crippen LogP contribution in [0.5, 0.6) is 0 Å². The number of benzene rings is 3. The van der Waals surface area contributed by atoms with Crippen LogP contribution >= 0.6 is 11.6 Å². The number of fused-ring (bicyclic) bond motifs is 1. The summed E-state index contributed by atoms with van der Waals surface area (Å²) in [5.74, 6) is -0.110. The molecule has 146 valence electrons. The molecule has 0 aliphatic heterocycles. The average molecular weight is 407 g/mol. The molecule has 7 heteroatoms. The van der Waals surface area contributed by atoms with Gasteiger partial charge in [0.2, 0.25) is 0 Å². The van der Waals surface area contributed by atoms with Gasteiger partial charge in [0, 0.05) is 10.6 Å².